The molecule has 0 saturated carbocycles. The van der Waals surface area contributed by atoms with Crippen LogP contribution in [0, 0.1) is 0 Å². The van der Waals surface area contributed by atoms with Crippen LogP contribution in [0.25, 0.3) is 0 Å². The Hall–Kier alpha value is -2.22. The molecule has 24 heavy (non-hydrogen) atoms. The summed E-state index contributed by atoms with van der Waals surface area (Å²) in [6.45, 7) is -0.190. The van der Waals surface area contributed by atoms with Crippen molar-refractivity contribution < 1.29 is 17.9 Å². The van der Waals surface area contributed by atoms with Gasteiger partial charge in [-0.05, 0) is 29.8 Å². The Kier molecular flexibility index (Phi) is 5.71. The number of nitrogens with two attached hydrogens (primary N) is 1. The Morgan fingerprint density at radius 3 is 2.67 bits per heavy atom. The second-order valence-electron chi connectivity index (χ2n) is 4.86. The molecule has 0 atom stereocenters. The molecule has 4 nitrogen and oxygen atoms in total. The van der Waals surface area contributed by atoms with Gasteiger partial charge in [0.2, 0.25) is 0 Å². The zero-order chi connectivity index (χ0) is 17.7. The number of alkyl halides is 3. The number of methoxy groups -OCH3 is 1. The second kappa shape index (κ2) is 7.57. The first kappa shape index (κ1) is 18.1. The van der Waals surface area contributed by atoms with Crippen LogP contribution in [0.5, 0.6) is 5.75 Å². The van der Waals surface area contributed by atoms with Crippen LogP contribution in [-0.2, 0) is 12.7 Å². The Morgan fingerprint density at radius 1 is 1.25 bits per heavy atom. The molecule has 2 aromatic carbocycles. The van der Waals surface area contributed by atoms with Crippen molar-refractivity contribution in [3.05, 3.63) is 58.1 Å². The van der Waals surface area contributed by atoms with Crippen LogP contribution in [0.1, 0.15) is 11.1 Å². The number of halogens is 4. The standard InChI is InChI=1S/C16H15BrF3N3O/c1-24-13-4-2-3-12(8-13)23-15(21)22-9-10-5-6-11(17)7-14(10)16(18,19)20/h2-8H,9H2,1H3,(H3,21,22,23). The maximum atomic E-state index is 13.1. The summed E-state index contributed by atoms with van der Waals surface area (Å²) >= 11 is 3.04. The number of aliphatic imine (C=N–C) groups is 1. The van der Waals surface area contributed by atoms with E-state index in [2.05, 4.69) is 26.2 Å². The van der Waals surface area contributed by atoms with E-state index >= 15 is 0 Å². The van der Waals surface area contributed by atoms with Gasteiger partial charge in [-0.3, -0.25) is 0 Å². The van der Waals surface area contributed by atoms with Gasteiger partial charge >= 0.3 is 6.18 Å². The Morgan fingerprint density at radius 2 is 2.00 bits per heavy atom. The monoisotopic (exact) mass is 401 g/mol. The van der Waals surface area contributed by atoms with Gasteiger partial charge in [0, 0.05) is 16.2 Å². The average Bonchev–Trinajstić information content (AvgIpc) is 2.53. The third kappa shape index (κ3) is 4.89. The van der Waals surface area contributed by atoms with Gasteiger partial charge in [0.25, 0.3) is 0 Å². The zero-order valence-electron chi connectivity index (χ0n) is 12.7. The van der Waals surface area contributed by atoms with E-state index in [1.165, 1.54) is 19.2 Å². The van der Waals surface area contributed by atoms with Gasteiger partial charge in [0.15, 0.2) is 5.96 Å². The van der Waals surface area contributed by atoms with Crippen molar-refractivity contribution in [3.8, 4) is 5.75 Å². The van der Waals surface area contributed by atoms with Crippen molar-refractivity contribution in [2.75, 3.05) is 12.4 Å². The number of anilines is 1. The number of guanidine groups is 1. The summed E-state index contributed by atoms with van der Waals surface area (Å²) in [6.07, 6.45) is -4.45. The topological polar surface area (TPSA) is 59.6 Å². The molecule has 3 N–H and O–H groups in total. The highest BCUT2D eigenvalue weighted by molar-refractivity contribution is 9.10. The normalized spacial score (nSPS) is 12.1. The molecule has 0 heterocycles. The first-order valence-electron chi connectivity index (χ1n) is 6.86. The molecule has 0 amide bonds. The molecule has 2 rings (SSSR count). The summed E-state index contributed by atoms with van der Waals surface area (Å²) in [5.41, 5.74) is 5.67. The fraction of sp³-hybridized carbons (Fsp3) is 0.188. The van der Waals surface area contributed by atoms with E-state index in [4.69, 9.17) is 10.5 Å². The average molecular weight is 402 g/mol. The summed E-state index contributed by atoms with van der Waals surface area (Å²) in [5.74, 6) is 0.638. The van der Waals surface area contributed by atoms with E-state index in [1.54, 1.807) is 24.3 Å². The van der Waals surface area contributed by atoms with Crippen LogP contribution >= 0.6 is 15.9 Å². The third-order valence-electron chi connectivity index (χ3n) is 3.14. The molecule has 128 valence electrons. The molecular formula is C16H15BrF3N3O. The van der Waals surface area contributed by atoms with E-state index in [0.717, 1.165) is 6.07 Å². The highest BCUT2D eigenvalue weighted by atomic mass is 79.9. The molecule has 0 aliphatic heterocycles. The summed E-state index contributed by atoms with van der Waals surface area (Å²) in [4.78, 5) is 3.98. The SMILES string of the molecule is COc1cccc(NC(N)=NCc2ccc(Br)cc2C(F)(F)F)c1. The number of rotatable bonds is 4. The summed E-state index contributed by atoms with van der Waals surface area (Å²) < 4.78 is 44.6. The zero-order valence-corrected chi connectivity index (χ0v) is 14.3. The van der Waals surface area contributed by atoms with Gasteiger partial charge in [-0.15, -0.1) is 0 Å². The first-order chi connectivity index (χ1) is 11.3. The Labute approximate surface area is 145 Å². The molecule has 0 spiro atoms. The lowest BCUT2D eigenvalue weighted by Gasteiger charge is -2.12. The molecule has 2 aromatic rings. The predicted molar refractivity (Wildman–Crippen MR) is 91.1 cm³/mol. The maximum Gasteiger partial charge on any atom is 0.416 e. The van der Waals surface area contributed by atoms with E-state index in [-0.39, 0.29) is 18.1 Å². The fourth-order valence-corrected chi connectivity index (χ4v) is 2.37. The lowest BCUT2D eigenvalue weighted by Crippen LogP contribution is -2.22. The molecule has 0 aliphatic rings. The Balaban J connectivity index is 2.15. The van der Waals surface area contributed by atoms with Gasteiger partial charge in [0.1, 0.15) is 5.75 Å². The lowest BCUT2D eigenvalue weighted by molar-refractivity contribution is -0.138. The number of hydrogen-bond donors (Lipinski definition) is 2. The smallest absolute Gasteiger partial charge is 0.416 e. The molecule has 8 heteroatoms. The molecule has 0 aromatic heterocycles. The molecule has 0 unspecified atom stereocenters. The first-order valence-corrected chi connectivity index (χ1v) is 7.65. The van der Waals surface area contributed by atoms with Crippen molar-refractivity contribution >= 4 is 27.6 Å². The van der Waals surface area contributed by atoms with Crippen molar-refractivity contribution in [3.63, 3.8) is 0 Å². The highest BCUT2D eigenvalue weighted by Gasteiger charge is 2.33. The second-order valence-corrected chi connectivity index (χ2v) is 5.77. The van der Waals surface area contributed by atoms with Crippen molar-refractivity contribution in [1.29, 1.82) is 0 Å². The van der Waals surface area contributed by atoms with E-state index in [1.807, 2.05) is 0 Å². The van der Waals surface area contributed by atoms with E-state index < -0.39 is 11.7 Å². The van der Waals surface area contributed by atoms with Gasteiger partial charge in [-0.25, -0.2) is 4.99 Å². The highest BCUT2D eigenvalue weighted by Crippen LogP contribution is 2.34. The number of nitrogens with one attached hydrogen (secondary N) is 1. The van der Waals surface area contributed by atoms with E-state index in [9.17, 15) is 13.2 Å². The molecule has 0 aliphatic carbocycles. The van der Waals surface area contributed by atoms with Gasteiger partial charge < -0.3 is 15.8 Å². The molecule has 0 radical (unpaired) electrons. The predicted octanol–water partition coefficient (Wildman–Crippen LogP) is 4.40. The Bertz CT molecular complexity index is 748. The van der Waals surface area contributed by atoms with Gasteiger partial charge in [-0.1, -0.05) is 28.1 Å². The van der Waals surface area contributed by atoms with Crippen LogP contribution in [0.15, 0.2) is 51.9 Å². The molecular weight excluding hydrogens is 387 g/mol. The van der Waals surface area contributed by atoms with Gasteiger partial charge in [0.05, 0.1) is 19.2 Å². The number of nitrogens with zero attached hydrogens (tertiary/aromatic N) is 1. The van der Waals surface area contributed by atoms with Crippen molar-refractivity contribution in [1.82, 2.24) is 0 Å². The van der Waals surface area contributed by atoms with E-state index in [0.29, 0.717) is 15.9 Å². The largest absolute Gasteiger partial charge is 0.497 e. The summed E-state index contributed by atoms with van der Waals surface area (Å²) in [5, 5.41) is 2.81. The minimum atomic E-state index is -4.45. The van der Waals surface area contributed by atoms with Crippen LogP contribution in [0.4, 0.5) is 18.9 Å². The number of ether oxygens (including phenoxy) is 1. The van der Waals surface area contributed by atoms with Crippen LogP contribution < -0.4 is 15.8 Å². The summed E-state index contributed by atoms with van der Waals surface area (Å²) in [6, 6.07) is 10.9. The van der Waals surface area contributed by atoms with Crippen LogP contribution in [0.3, 0.4) is 0 Å². The minimum Gasteiger partial charge on any atom is -0.497 e. The quantitative estimate of drug-likeness (QED) is 0.589. The third-order valence-corrected chi connectivity index (χ3v) is 3.63. The van der Waals surface area contributed by atoms with Gasteiger partial charge in [-0.2, -0.15) is 13.2 Å². The summed E-state index contributed by atoms with van der Waals surface area (Å²) in [7, 11) is 1.53. The van der Waals surface area contributed by atoms with Crippen LogP contribution in [0.2, 0.25) is 0 Å². The number of hydrogen-bond acceptors (Lipinski definition) is 2. The minimum absolute atomic E-state index is 0.0132. The number of benzene rings is 2. The van der Waals surface area contributed by atoms with Crippen molar-refractivity contribution in [2.45, 2.75) is 12.7 Å². The fourth-order valence-electron chi connectivity index (χ4n) is 2.01. The van der Waals surface area contributed by atoms with Crippen LogP contribution in [-0.4, -0.2) is 13.1 Å². The van der Waals surface area contributed by atoms with Crippen molar-refractivity contribution in [2.24, 2.45) is 10.7 Å². The molecule has 0 fully saturated rings. The maximum absolute atomic E-state index is 13.1. The lowest BCUT2D eigenvalue weighted by atomic mass is 10.1. The molecule has 0 bridgehead atoms. The molecule has 0 saturated heterocycles.